The SMILES string of the molecule is C#CC(CCC)NCC(=C)C. The Hall–Kier alpha value is -0.740. The Morgan fingerprint density at radius 1 is 1.73 bits per heavy atom. The Bertz CT molecular complexity index is 153. The molecule has 0 radical (unpaired) electrons. The van der Waals surface area contributed by atoms with Crippen molar-refractivity contribution in [2.75, 3.05) is 6.54 Å². The van der Waals surface area contributed by atoms with Crippen molar-refractivity contribution in [2.24, 2.45) is 0 Å². The fraction of sp³-hybridized carbons (Fsp3) is 0.600. The molecular weight excluding hydrogens is 134 g/mol. The zero-order valence-electron chi connectivity index (χ0n) is 7.48. The Balaban J connectivity index is 3.54. The lowest BCUT2D eigenvalue weighted by Gasteiger charge is -2.10. The topological polar surface area (TPSA) is 12.0 Å². The number of rotatable bonds is 5. The molecule has 0 fully saturated rings. The van der Waals surface area contributed by atoms with Crippen molar-refractivity contribution in [1.82, 2.24) is 5.32 Å². The predicted molar refractivity (Wildman–Crippen MR) is 50.3 cm³/mol. The molecule has 1 N–H and O–H groups in total. The number of hydrogen-bond acceptors (Lipinski definition) is 1. The van der Waals surface area contributed by atoms with Crippen LogP contribution in [0.25, 0.3) is 0 Å². The molecule has 0 aliphatic carbocycles. The lowest BCUT2D eigenvalue weighted by atomic mass is 10.2. The first-order valence-electron chi connectivity index (χ1n) is 4.04. The van der Waals surface area contributed by atoms with Gasteiger partial charge in [0.25, 0.3) is 0 Å². The molecule has 62 valence electrons. The van der Waals surface area contributed by atoms with Gasteiger partial charge >= 0.3 is 0 Å². The highest BCUT2D eigenvalue weighted by atomic mass is 14.9. The second kappa shape index (κ2) is 6.00. The van der Waals surface area contributed by atoms with Crippen LogP contribution in [0.15, 0.2) is 12.2 Å². The minimum Gasteiger partial charge on any atom is -0.300 e. The Morgan fingerprint density at radius 2 is 2.36 bits per heavy atom. The van der Waals surface area contributed by atoms with Gasteiger partial charge in [0.15, 0.2) is 0 Å². The van der Waals surface area contributed by atoms with Gasteiger partial charge in [0.05, 0.1) is 6.04 Å². The highest BCUT2D eigenvalue weighted by molar-refractivity contribution is 5.01. The third-order valence-corrected chi connectivity index (χ3v) is 1.43. The van der Waals surface area contributed by atoms with Gasteiger partial charge in [0.2, 0.25) is 0 Å². The summed E-state index contributed by atoms with van der Waals surface area (Å²) in [5, 5.41) is 3.23. The highest BCUT2D eigenvalue weighted by Crippen LogP contribution is 1.95. The minimum absolute atomic E-state index is 0.219. The van der Waals surface area contributed by atoms with Crippen LogP contribution in [-0.2, 0) is 0 Å². The predicted octanol–water partition coefficient (Wildman–Crippen LogP) is 1.95. The zero-order valence-corrected chi connectivity index (χ0v) is 7.48. The molecule has 0 aromatic rings. The molecule has 0 aromatic heterocycles. The maximum absolute atomic E-state index is 5.30. The maximum Gasteiger partial charge on any atom is 0.0689 e. The molecule has 1 nitrogen and oxygen atoms in total. The molecule has 0 rings (SSSR count). The van der Waals surface area contributed by atoms with E-state index in [1.807, 2.05) is 6.92 Å². The summed E-state index contributed by atoms with van der Waals surface area (Å²) in [6, 6.07) is 0.219. The number of terminal acetylenes is 1. The van der Waals surface area contributed by atoms with Crippen LogP contribution in [0.4, 0.5) is 0 Å². The van der Waals surface area contributed by atoms with Gasteiger partial charge in [-0.05, 0) is 13.3 Å². The molecular formula is C10H17N. The van der Waals surface area contributed by atoms with Crippen molar-refractivity contribution in [3.8, 4) is 12.3 Å². The fourth-order valence-electron chi connectivity index (χ4n) is 0.830. The molecule has 0 amide bonds. The lowest BCUT2D eigenvalue weighted by molar-refractivity contribution is 0.588. The van der Waals surface area contributed by atoms with Crippen LogP contribution in [-0.4, -0.2) is 12.6 Å². The monoisotopic (exact) mass is 151 g/mol. The third kappa shape index (κ3) is 5.69. The highest BCUT2D eigenvalue weighted by Gasteiger charge is 2.00. The van der Waals surface area contributed by atoms with E-state index in [2.05, 4.69) is 24.7 Å². The summed E-state index contributed by atoms with van der Waals surface area (Å²) in [6.07, 6.45) is 7.47. The van der Waals surface area contributed by atoms with E-state index in [-0.39, 0.29) is 6.04 Å². The van der Waals surface area contributed by atoms with Crippen LogP contribution in [0.3, 0.4) is 0 Å². The van der Waals surface area contributed by atoms with Crippen LogP contribution in [0.1, 0.15) is 26.7 Å². The van der Waals surface area contributed by atoms with Gasteiger partial charge in [-0.15, -0.1) is 6.42 Å². The van der Waals surface area contributed by atoms with E-state index in [0.29, 0.717) is 0 Å². The zero-order chi connectivity index (χ0) is 8.69. The maximum atomic E-state index is 5.30. The molecule has 0 saturated heterocycles. The fourth-order valence-corrected chi connectivity index (χ4v) is 0.830. The van der Waals surface area contributed by atoms with E-state index in [0.717, 1.165) is 25.0 Å². The van der Waals surface area contributed by atoms with Crippen molar-refractivity contribution in [1.29, 1.82) is 0 Å². The Morgan fingerprint density at radius 3 is 2.73 bits per heavy atom. The first-order valence-corrected chi connectivity index (χ1v) is 4.04. The van der Waals surface area contributed by atoms with Crippen LogP contribution < -0.4 is 5.32 Å². The van der Waals surface area contributed by atoms with E-state index in [1.165, 1.54) is 0 Å². The van der Waals surface area contributed by atoms with Crippen LogP contribution >= 0.6 is 0 Å². The van der Waals surface area contributed by atoms with Crippen molar-refractivity contribution in [3.63, 3.8) is 0 Å². The molecule has 1 atom stereocenters. The van der Waals surface area contributed by atoms with Gasteiger partial charge in [0.1, 0.15) is 0 Å². The molecule has 0 saturated carbocycles. The second-order valence-corrected chi connectivity index (χ2v) is 2.85. The molecule has 1 heteroatoms. The van der Waals surface area contributed by atoms with E-state index in [4.69, 9.17) is 6.42 Å². The minimum atomic E-state index is 0.219. The molecule has 0 aromatic carbocycles. The van der Waals surface area contributed by atoms with Crippen LogP contribution in [0.2, 0.25) is 0 Å². The lowest BCUT2D eigenvalue weighted by Crippen LogP contribution is -2.28. The summed E-state index contributed by atoms with van der Waals surface area (Å²) >= 11 is 0. The first kappa shape index (κ1) is 10.3. The normalized spacial score (nSPS) is 12.1. The van der Waals surface area contributed by atoms with Gasteiger partial charge in [-0.2, -0.15) is 0 Å². The Kier molecular flexibility index (Phi) is 5.60. The second-order valence-electron chi connectivity index (χ2n) is 2.85. The van der Waals surface area contributed by atoms with E-state index < -0.39 is 0 Å². The summed E-state index contributed by atoms with van der Waals surface area (Å²) in [4.78, 5) is 0. The Labute approximate surface area is 69.9 Å². The molecule has 0 spiro atoms. The summed E-state index contributed by atoms with van der Waals surface area (Å²) in [6.45, 7) is 8.74. The van der Waals surface area contributed by atoms with E-state index in [1.54, 1.807) is 0 Å². The van der Waals surface area contributed by atoms with Crippen LogP contribution in [0.5, 0.6) is 0 Å². The van der Waals surface area contributed by atoms with Gasteiger partial charge < -0.3 is 0 Å². The molecule has 1 unspecified atom stereocenters. The standard InChI is InChI=1S/C10H17N/c1-5-7-10(6-2)11-8-9(3)4/h2,10-11H,3,5,7-8H2,1,4H3. The average Bonchev–Trinajstić information content (AvgIpc) is 1.97. The summed E-state index contributed by atoms with van der Waals surface area (Å²) in [7, 11) is 0. The van der Waals surface area contributed by atoms with Crippen molar-refractivity contribution >= 4 is 0 Å². The van der Waals surface area contributed by atoms with E-state index in [9.17, 15) is 0 Å². The average molecular weight is 151 g/mol. The third-order valence-electron chi connectivity index (χ3n) is 1.43. The van der Waals surface area contributed by atoms with E-state index >= 15 is 0 Å². The van der Waals surface area contributed by atoms with Gasteiger partial charge in [-0.25, -0.2) is 0 Å². The molecule has 0 aliphatic heterocycles. The van der Waals surface area contributed by atoms with Crippen molar-refractivity contribution in [3.05, 3.63) is 12.2 Å². The summed E-state index contributed by atoms with van der Waals surface area (Å²) in [5.74, 6) is 2.71. The first-order chi connectivity index (χ1) is 5.20. The van der Waals surface area contributed by atoms with Crippen LogP contribution in [0, 0.1) is 12.3 Å². The quantitative estimate of drug-likeness (QED) is 0.468. The van der Waals surface area contributed by atoms with Gasteiger partial charge in [-0.1, -0.05) is 31.4 Å². The molecule has 0 aliphatic rings. The molecule has 0 heterocycles. The van der Waals surface area contributed by atoms with Gasteiger partial charge in [0, 0.05) is 6.54 Å². The molecule has 11 heavy (non-hydrogen) atoms. The smallest absolute Gasteiger partial charge is 0.0689 e. The molecule has 0 bridgehead atoms. The van der Waals surface area contributed by atoms with Crippen molar-refractivity contribution < 1.29 is 0 Å². The number of hydrogen-bond donors (Lipinski definition) is 1. The number of nitrogens with one attached hydrogen (secondary N) is 1. The largest absolute Gasteiger partial charge is 0.300 e. The van der Waals surface area contributed by atoms with Gasteiger partial charge in [-0.3, -0.25) is 5.32 Å². The summed E-state index contributed by atoms with van der Waals surface area (Å²) < 4.78 is 0. The van der Waals surface area contributed by atoms with Crippen molar-refractivity contribution in [2.45, 2.75) is 32.7 Å². The summed E-state index contributed by atoms with van der Waals surface area (Å²) in [5.41, 5.74) is 1.13.